The van der Waals surface area contributed by atoms with Gasteiger partial charge in [-0.3, -0.25) is 9.36 Å². The first-order valence-corrected chi connectivity index (χ1v) is 10.8. The van der Waals surface area contributed by atoms with Crippen molar-refractivity contribution in [3.63, 3.8) is 0 Å². The largest absolute Gasteiger partial charge is 0.338 e. The highest BCUT2D eigenvalue weighted by Crippen LogP contribution is 2.41. The van der Waals surface area contributed by atoms with Crippen molar-refractivity contribution in [1.82, 2.24) is 19.7 Å². The van der Waals surface area contributed by atoms with Gasteiger partial charge in [0, 0.05) is 24.7 Å². The minimum Gasteiger partial charge on any atom is -0.338 e. The molecule has 150 valence electrons. The van der Waals surface area contributed by atoms with Crippen molar-refractivity contribution in [2.24, 2.45) is 0 Å². The van der Waals surface area contributed by atoms with Gasteiger partial charge in [0.05, 0.1) is 5.75 Å². The van der Waals surface area contributed by atoms with Crippen molar-refractivity contribution in [2.45, 2.75) is 37.4 Å². The first kappa shape index (κ1) is 19.6. The molecule has 1 aromatic heterocycles. The summed E-state index contributed by atoms with van der Waals surface area (Å²) >= 11 is 1.40. The maximum Gasteiger partial charge on any atom is 0.233 e. The van der Waals surface area contributed by atoms with E-state index in [4.69, 9.17) is 0 Å². The number of para-hydroxylation sites is 1. The molecule has 0 N–H and O–H groups in total. The van der Waals surface area contributed by atoms with Crippen molar-refractivity contribution in [3.8, 4) is 5.69 Å². The minimum absolute atomic E-state index is 0.00246. The summed E-state index contributed by atoms with van der Waals surface area (Å²) in [4.78, 5) is 14.5. The lowest BCUT2D eigenvalue weighted by Gasteiger charge is -2.21. The summed E-state index contributed by atoms with van der Waals surface area (Å²) in [6.45, 7) is 2.89. The van der Waals surface area contributed by atoms with Gasteiger partial charge in [-0.1, -0.05) is 42.1 Å². The fourth-order valence-corrected chi connectivity index (χ4v) is 4.11. The van der Waals surface area contributed by atoms with E-state index in [0.29, 0.717) is 19.0 Å². The zero-order valence-corrected chi connectivity index (χ0v) is 17.1. The second-order valence-electron chi connectivity index (χ2n) is 7.11. The Bertz CT molecular complexity index is 987. The van der Waals surface area contributed by atoms with Crippen molar-refractivity contribution in [2.75, 3.05) is 12.3 Å². The predicted molar refractivity (Wildman–Crippen MR) is 112 cm³/mol. The average Bonchev–Trinajstić information content (AvgIpc) is 3.50. The number of hydrogen-bond donors (Lipinski definition) is 0. The fraction of sp³-hybridized carbons (Fsp3) is 0.318. The van der Waals surface area contributed by atoms with E-state index in [1.807, 2.05) is 43.3 Å². The summed E-state index contributed by atoms with van der Waals surface area (Å²) in [5.41, 5.74) is 1.80. The van der Waals surface area contributed by atoms with Crippen LogP contribution in [0.25, 0.3) is 5.69 Å². The number of thioether (sulfide) groups is 1. The highest BCUT2D eigenvalue weighted by atomic mass is 32.2. The summed E-state index contributed by atoms with van der Waals surface area (Å²) in [5, 5.41) is 9.49. The molecule has 0 aliphatic heterocycles. The van der Waals surface area contributed by atoms with E-state index in [0.717, 1.165) is 35.1 Å². The van der Waals surface area contributed by atoms with E-state index in [2.05, 4.69) is 14.8 Å². The lowest BCUT2D eigenvalue weighted by Crippen LogP contribution is -2.31. The lowest BCUT2D eigenvalue weighted by atomic mass is 10.2. The third-order valence-corrected chi connectivity index (χ3v) is 5.85. The smallest absolute Gasteiger partial charge is 0.233 e. The van der Waals surface area contributed by atoms with Gasteiger partial charge in [-0.05, 0) is 49.6 Å². The number of hydrogen-bond acceptors (Lipinski definition) is 4. The van der Waals surface area contributed by atoms with E-state index in [1.54, 1.807) is 11.0 Å². The molecule has 1 fully saturated rings. The van der Waals surface area contributed by atoms with Gasteiger partial charge in [0.25, 0.3) is 0 Å². The Labute approximate surface area is 173 Å². The number of benzene rings is 2. The van der Waals surface area contributed by atoms with Crippen molar-refractivity contribution >= 4 is 17.7 Å². The minimum atomic E-state index is -0.288. The molecule has 0 radical (unpaired) electrons. The summed E-state index contributed by atoms with van der Waals surface area (Å²) in [5.74, 6) is 1.39. The van der Waals surface area contributed by atoms with E-state index in [-0.39, 0.29) is 17.5 Å². The molecule has 7 heteroatoms. The monoisotopic (exact) mass is 410 g/mol. The van der Waals surface area contributed by atoms with Gasteiger partial charge in [0.15, 0.2) is 5.16 Å². The molecule has 1 heterocycles. The molecule has 1 aliphatic carbocycles. The van der Waals surface area contributed by atoms with Crippen molar-refractivity contribution in [1.29, 1.82) is 0 Å². The van der Waals surface area contributed by atoms with Crippen LogP contribution in [-0.2, 0) is 11.3 Å². The molecule has 1 amide bonds. The van der Waals surface area contributed by atoms with Gasteiger partial charge in [0.2, 0.25) is 5.91 Å². The molecule has 2 aromatic carbocycles. The second-order valence-corrected chi connectivity index (χ2v) is 8.06. The summed E-state index contributed by atoms with van der Waals surface area (Å²) in [7, 11) is 0. The van der Waals surface area contributed by atoms with Gasteiger partial charge >= 0.3 is 0 Å². The maximum absolute atomic E-state index is 13.4. The highest BCUT2D eigenvalue weighted by molar-refractivity contribution is 7.99. The molecule has 0 atom stereocenters. The predicted octanol–water partition coefficient (Wildman–Crippen LogP) is 4.42. The van der Waals surface area contributed by atoms with Crippen LogP contribution in [0.15, 0.2) is 59.8 Å². The molecular weight excluding hydrogens is 387 g/mol. The maximum atomic E-state index is 13.4. The second kappa shape index (κ2) is 8.78. The molecule has 3 aromatic rings. The third-order valence-electron chi connectivity index (χ3n) is 4.94. The fourth-order valence-electron chi connectivity index (χ4n) is 3.25. The molecular formula is C22H23FN4OS. The third kappa shape index (κ3) is 4.67. The normalized spacial score (nSPS) is 13.4. The van der Waals surface area contributed by atoms with Crippen LogP contribution >= 0.6 is 11.8 Å². The molecule has 0 spiro atoms. The zero-order valence-electron chi connectivity index (χ0n) is 16.3. The highest BCUT2D eigenvalue weighted by Gasteiger charge is 2.31. The van der Waals surface area contributed by atoms with Crippen molar-refractivity contribution in [3.05, 3.63) is 71.8 Å². The quantitative estimate of drug-likeness (QED) is 0.516. The first-order valence-electron chi connectivity index (χ1n) is 9.81. The van der Waals surface area contributed by atoms with Gasteiger partial charge in [-0.25, -0.2) is 4.39 Å². The number of aromatic nitrogens is 3. The number of halogens is 1. The van der Waals surface area contributed by atoms with E-state index in [1.165, 1.54) is 23.9 Å². The Hall–Kier alpha value is -2.67. The Morgan fingerprint density at radius 2 is 1.97 bits per heavy atom. The Morgan fingerprint density at radius 3 is 2.66 bits per heavy atom. The van der Waals surface area contributed by atoms with E-state index in [9.17, 15) is 9.18 Å². The SMILES string of the molecule is CCN(Cc1cccc(F)c1)C(=O)CSc1nnc(C2CC2)n1-c1ccccc1. The van der Waals surface area contributed by atoms with E-state index < -0.39 is 0 Å². The summed E-state index contributed by atoms with van der Waals surface area (Å²) in [6.07, 6.45) is 2.26. The Morgan fingerprint density at radius 1 is 1.17 bits per heavy atom. The molecule has 1 aliphatic rings. The first-order chi connectivity index (χ1) is 14.2. The molecule has 0 unspecified atom stereocenters. The Kier molecular flexibility index (Phi) is 5.94. The molecule has 29 heavy (non-hydrogen) atoms. The molecule has 4 rings (SSSR count). The average molecular weight is 411 g/mol. The van der Waals surface area contributed by atoms with Crippen LogP contribution in [0.2, 0.25) is 0 Å². The number of amides is 1. The molecule has 0 saturated heterocycles. The van der Waals surface area contributed by atoms with E-state index >= 15 is 0 Å². The molecule has 0 bridgehead atoms. The lowest BCUT2D eigenvalue weighted by molar-refractivity contribution is -0.128. The zero-order chi connectivity index (χ0) is 20.2. The molecule has 5 nitrogen and oxygen atoms in total. The van der Waals surface area contributed by atoms with Crippen LogP contribution in [0.4, 0.5) is 4.39 Å². The van der Waals surface area contributed by atoms with Crippen LogP contribution in [0.5, 0.6) is 0 Å². The van der Waals surface area contributed by atoms with Gasteiger partial charge in [0.1, 0.15) is 11.6 Å². The number of nitrogens with zero attached hydrogens (tertiary/aromatic N) is 4. The summed E-state index contributed by atoms with van der Waals surface area (Å²) in [6, 6.07) is 16.4. The Balaban J connectivity index is 1.47. The number of carbonyl (C=O) groups is 1. The molecule has 1 saturated carbocycles. The van der Waals surface area contributed by atoms with Crippen LogP contribution in [0.1, 0.15) is 37.1 Å². The van der Waals surface area contributed by atoms with Crippen molar-refractivity contribution < 1.29 is 9.18 Å². The topological polar surface area (TPSA) is 51.0 Å². The van der Waals surface area contributed by atoms with Gasteiger partial charge in [-0.15, -0.1) is 10.2 Å². The van der Waals surface area contributed by atoms with Gasteiger partial charge in [-0.2, -0.15) is 0 Å². The van der Waals surface area contributed by atoms with Crippen LogP contribution < -0.4 is 0 Å². The van der Waals surface area contributed by atoms with Crippen LogP contribution in [0, 0.1) is 5.82 Å². The number of carbonyl (C=O) groups excluding carboxylic acids is 1. The van der Waals surface area contributed by atoms with Crippen LogP contribution in [0.3, 0.4) is 0 Å². The van der Waals surface area contributed by atoms with Gasteiger partial charge < -0.3 is 4.90 Å². The van der Waals surface area contributed by atoms with Crippen LogP contribution in [-0.4, -0.2) is 37.9 Å². The summed E-state index contributed by atoms with van der Waals surface area (Å²) < 4.78 is 15.5. The number of rotatable bonds is 8. The standard InChI is InChI=1S/C22H23FN4OS/c1-2-26(14-16-7-6-8-18(23)13-16)20(28)15-29-22-25-24-21(17-11-12-17)27(22)19-9-4-3-5-10-19/h3-10,13,17H,2,11-12,14-15H2,1H3.